The molecule has 0 radical (unpaired) electrons. The van der Waals surface area contributed by atoms with Crippen molar-refractivity contribution in [3.63, 3.8) is 0 Å². The molecule has 0 saturated heterocycles. The maximum Gasteiger partial charge on any atom is 0.323 e. The van der Waals surface area contributed by atoms with Gasteiger partial charge in [0.05, 0.1) is 6.10 Å². The van der Waals surface area contributed by atoms with Crippen LogP contribution >= 0.6 is 0 Å². The molecule has 1 amide bonds. The van der Waals surface area contributed by atoms with Crippen LogP contribution in [-0.4, -0.2) is 41.1 Å². The highest BCUT2D eigenvalue weighted by molar-refractivity contribution is 5.96. The number of likely N-dealkylation sites (N-methyl/N-ethyl adjacent to an activating group) is 1. The van der Waals surface area contributed by atoms with Crippen LogP contribution in [0, 0.1) is 0 Å². The summed E-state index contributed by atoms with van der Waals surface area (Å²) < 4.78 is 5.51. The largest absolute Gasteiger partial charge is 0.491 e. The quantitative estimate of drug-likeness (QED) is 0.854. The lowest BCUT2D eigenvalue weighted by Crippen LogP contribution is -2.35. The highest BCUT2D eigenvalue weighted by atomic mass is 16.5. The molecule has 0 saturated carbocycles. The van der Waals surface area contributed by atoms with Gasteiger partial charge in [-0.05, 0) is 39.0 Å². The molecule has 0 heterocycles. The molecule has 19 heavy (non-hydrogen) atoms. The van der Waals surface area contributed by atoms with Crippen molar-refractivity contribution in [2.45, 2.75) is 26.9 Å². The van der Waals surface area contributed by atoms with Crippen molar-refractivity contribution >= 4 is 11.9 Å². The molecule has 0 aliphatic heterocycles. The van der Waals surface area contributed by atoms with Crippen molar-refractivity contribution in [2.24, 2.45) is 0 Å². The second-order valence-electron chi connectivity index (χ2n) is 4.41. The summed E-state index contributed by atoms with van der Waals surface area (Å²) in [4.78, 5) is 24.1. The van der Waals surface area contributed by atoms with Crippen LogP contribution in [0.25, 0.3) is 0 Å². The first-order chi connectivity index (χ1) is 8.93. The van der Waals surface area contributed by atoms with Crippen LogP contribution in [0.1, 0.15) is 31.1 Å². The van der Waals surface area contributed by atoms with Gasteiger partial charge in [-0.2, -0.15) is 0 Å². The summed E-state index contributed by atoms with van der Waals surface area (Å²) in [7, 11) is 0. The van der Waals surface area contributed by atoms with E-state index in [0.717, 1.165) is 0 Å². The molecule has 5 nitrogen and oxygen atoms in total. The van der Waals surface area contributed by atoms with E-state index in [1.165, 1.54) is 4.90 Å². The maximum absolute atomic E-state index is 12.2. The number of carboxylic acids is 1. The third-order valence-corrected chi connectivity index (χ3v) is 2.45. The van der Waals surface area contributed by atoms with E-state index in [1.807, 2.05) is 13.8 Å². The first-order valence-electron chi connectivity index (χ1n) is 6.21. The minimum Gasteiger partial charge on any atom is -0.491 e. The van der Waals surface area contributed by atoms with Crippen molar-refractivity contribution in [3.8, 4) is 5.75 Å². The molecule has 1 aromatic carbocycles. The van der Waals surface area contributed by atoms with Crippen LogP contribution in [0.15, 0.2) is 24.3 Å². The van der Waals surface area contributed by atoms with Crippen molar-refractivity contribution < 1.29 is 19.4 Å². The highest BCUT2D eigenvalue weighted by Gasteiger charge is 2.17. The molecule has 1 N–H and O–H groups in total. The highest BCUT2D eigenvalue weighted by Crippen LogP contribution is 2.16. The number of hydrogen-bond donors (Lipinski definition) is 1. The number of ether oxygens (including phenoxy) is 1. The van der Waals surface area contributed by atoms with Crippen molar-refractivity contribution in [3.05, 3.63) is 29.8 Å². The SMILES string of the molecule is CCN(CC(=O)O)C(=O)c1cccc(OC(C)C)c1. The zero-order valence-electron chi connectivity index (χ0n) is 11.4. The van der Waals surface area contributed by atoms with Gasteiger partial charge in [0.25, 0.3) is 5.91 Å². The van der Waals surface area contributed by atoms with Gasteiger partial charge in [0.2, 0.25) is 0 Å². The number of amides is 1. The Morgan fingerprint density at radius 3 is 2.58 bits per heavy atom. The van der Waals surface area contributed by atoms with Gasteiger partial charge in [-0.1, -0.05) is 6.07 Å². The van der Waals surface area contributed by atoms with Crippen LogP contribution in [0.3, 0.4) is 0 Å². The van der Waals surface area contributed by atoms with E-state index in [-0.39, 0.29) is 18.6 Å². The second kappa shape index (κ2) is 6.78. The molecule has 104 valence electrons. The minimum absolute atomic E-state index is 0.0200. The number of nitrogens with zero attached hydrogens (tertiary/aromatic N) is 1. The van der Waals surface area contributed by atoms with Gasteiger partial charge in [0.15, 0.2) is 0 Å². The summed E-state index contributed by atoms with van der Waals surface area (Å²) in [5.41, 5.74) is 0.432. The van der Waals surface area contributed by atoms with E-state index in [2.05, 4.69) is 0 Å². The van der Waals surface area contributed by atoms with Crippen LogP contribution in [0.5, 0.6) is 5.75 Å². The first kappa shape index (κ1) is 15.0. The summed E-state index contributed by atoms with van der Waals surface area (Å²) in [6, 6.07) is 6.77. The summed E-state index contributed by atoms with van der Waals surface area (Å²) >= 11 is 0. The van der Waals surface area contributed by atoms with Gasteiger partial charge >= 0.3 is 5.97 Å². The molecule has 0 spiro atoms. The zero-order chi connectivity index (χ0) is 14.4. The molecule has 1 rings (SSSR count). The van der Waals surface area contributed by atoms with Gasteiger partial charge in [-0.3, -0.25) is 9.59 Å². The molecule has 0 fully saturated rings. The Kier molecular flexibility index (Phi) is 5.36. The van der Waals surface area contributed by atoms with Gasteiger partial charge in [0, 0.05) is 12.1 Å². The van der Waals surface area contributed by atoms with E-state index < -0.39 is 5.97 Å². The van der Waals surface area contributed by atoms with Crippen molar-refractivity contribution in [1.82, 2.24) is 4.90 Å². The zero-order valence-corrected chi connectivity index (χ0v) is 11.4. The predicted molar refractivity (Wildman–Crippen MR) is 71.4 cm³/mol. The monoisotopic (exact) mass is 265 g/mol. The third-order valence-electron chi connectivity index (χ3n) is 2.45. The topological polar surface area (TPSA) is 66.8 Å². The average molecular weight is 265 g/mol. The van der Waals surface area contributed by atoms with Crippen LogP contribution in [0.4, 0.5) is 0 Å². The molecular weight excluding hydrogens is 246 g/mol. The number of benzene rings is 1. The Morgan fingerprint density at radius 2 is 2.05 bits per heavy atom. The third kappa shape index (κ3) is 4.62. The average Bonchev–Trinajstić information content (AvgIpc) is 2.34. The van der Waals surface area contributed by atoms with E-state index in [1.54, 1.807) is 31.2 Å². The lowest BCUT2D eigenvalue weighted by molar-refractivity contribution is -0.137. The van der Waals surface area contributed by atoms with Crippen LogP contribution < -0.4 is 4.74 Å². The maximum atomic E-state index is 12.2. The van der Waals surface area contributed by atoms with Gasteiger partial charge in [0.1, 0.15) is 12.3 Å². The van der Waals surface area contributed by atoms with Crippen molar-refractivity contribution in [1.29, 1.82) is 0 Å². The van der Waals surface area contributed by atoms with Gasteiger partial charge in [-0.25, -0.2) is 0 Å². The van der Waals surface area contributed by atoms with Gasteiger partial charge < -0.3 is 14.7 Å². The van der Waals surface area contributed by atoms with E-state index in [0.29, 0.717) is 17.9 Å². The number of carbonyl (C=O) groups is 2. The Labute approximate surface area is 112 Å². The van der Waals surface area contributed by atoms with Crippen molar-refractivity contribution in [2.75, 3.05) is 13.1 Å². The molecule has 5 heteroatoms. The number of rotatable bonds is 6. The number of aliphatic carboxylic acids is 1. The standard InChI is InChI=1S/C14H19NO4/c1-4-15(9-13(16)17)14(18)11-6-5-7-12(8-11)19-10(2)3/h5-8,10H,4,9H2,1-3H3,(H,16,17). The smallest absolute Gasteiger partial charge is 0.323 e. The molecule has 0 aliphatic rings. The summed E-state index contributed by atoms with van der Waals surface area (Å²) in [5, 5.41) is 8.77. The first-order valence-corrected chi connectivity index (χ1v) is 6.21. The van der Waals surface area contributed by atoms with Crippen LogP contribution in [-0.2, 0) is 4.79 Å². The molecule has 0 aromatic heterocycles. The minimum atomic E-state index is -1.02. The fraction of sp³-hybridized carbons (Fsp3) is 0.429. The normalized spacial score (nSPS) is 10.3. The second-order valence-corrected chi connectivity index (χ2v) is 4.41. The molecule has 0 atom stereocenters. The molecular formula is C14H19NO4. The Balaban J connectivity index is 2.88. The number of carboxylic acid groups (broad SMARTS) is 1. The Morgan fingerprint density at radius 1 is 1.37 bits per heavy atom. The fourth-order valence-corrected chi connectivity index (χ4v) is 1.65. The lowest BCUT2D eigenvalue weighted by Gasteiger charge is -2.19. The predicted octanol–water partition coefficient (Wildman–Crippen LogP) is 2.02. The van der Waals surface area contributed by atoms with E-state index in [9.17, 15) is 9.59 Å². The van der Waals surface area contributed by atoms with Crippen LogP contribution in [0.2, 0.25) is 0 Å². The van der Waals surface area contributed by atoms with E-state index >= 15 is 0 Å². The summed E-state index contributed by atoms with van der Waals surface area (Å²) in [5.74, 6) is -0.726. The molecule has 0 aliphatic carbocycles. The molecule has 0 unspecified atom stereocenters. The Bertz CT molecular complexity index is 457. The Hall–Kier alpha value is -2.04. The van der Waals surface area contributed by atoms with Gasteiger partial charge in [-0.15, -0.1) is 0 Å². The van der Waals surface area contributed by atoms with E-state index in [4.69, 9.17) is 9.84 Å². The summed E-state index contributed by atoms with van der Waals surface area (Å²) in [6.45, 7) is 5.59. The lowest BCUT2D eigenvalue weighted by atomic mass is 10.2. The number of carbonyl (C=O) groups excluding carboxylic acids is 1. The molecule has 0 bridgehead atoms. The summed E-state index contributed by atoms with van der Waals surface area (Å²) in [6.07, 6.45) is 0.0200. The molecule has 1 aromatic rings. The fourth-order valence-electron chi connectivity index (χ4n) is 1.65. The number of hydrogen-bond acceptors (Lipinski definition) is 3.